The predicted octanol–water partition coefficient (Wildman–Crippen LogP) is 4.49. The third-order valence-electron chi connectivity index (χ3n) is 3.73. The van der Waals surface area contributed by atoms with Gasteiger partial charge in [0.1, 0.15) is 10.6 Å². The molecule has 0 spiro atoms. The molecular formula is C21H17NO3S. The molecule has 0 radical (unpaired) electrons. The van der Waals surface area contributed by atoms with E-state index < -0.39 is 10.1 Å². The van der Waals surface area contributed by atoms with Crippen LogP contribution in [-0.2, 0) is 14.4 Å². The van der Waals surface area contributed by atoms with Crippen LogP contribution in [-0.4, -0.2) is 14.1 Å². The second-order valence-electron chi connectivity index (χ2n) is 5.47. The summed E-state index contributed by atoms with van der Waals surface area (Å²) in [5, 5.41) is 3.96. The highest BCUT2D eigenvalue weighted by Crippen LogP contribution is 2.17. The predicted molar refractivity (Wildman–Crippen MR) is 103 cm³/mol. The Hall–Kier alpha value is -3.18. The monoisotopic (exact) mass is 363 g/mol. The lowest BCUT2D eigenvalue weighted by Crippen LogP contribution is -2.08. The summed E-state index contributed by atoms with van der Waals surface area (Å²) in [5.74, 6) is 0. The fourth-order valence-electron chi connectivity index (χ4n) is 2.36. The maximum atomic E-state index is 12.4. The van der Waals surface area contributed by atoms with Crippen molar-refractivity contribution in [2.24, 2.45) is 5.16 Å². The summed E-state index contributed by atoms with van der Waals surface area (Å²) in [6.45, 7) is 3.65. The molecule has 4 nitrogen and oxygen atoms in total. The Balaban J connectivity index is 1.96. The van der Waals surface area contributed by atoms with Crippen molar-refractivity contribution < 1.29 is 12.7 Å². The highest BCUT2D eigenvalue weighted by Gasteiger charge is 2.17. The first kappa shape index (κ1) is 17.6. The van der Waals surface area contributed by atoms with Crippen LogP contribution in [0.15, 0.2) is 102 Å². The molecule has 0 saturated carbocycles. The van der Waals surface area contributed by atoms with Crippen molar-refractivity contribution >= 4 is 21.9 Å². The van der Waals surface area contributed by atoms with E-state index >= 15 is 0 Å². The first-order valence-corrected chi connectivity index (χ1v) is 9.36. The fraction of sp³-hybridized carbons (Fsp3) is 0. The lowest BCUT2D eigenvalue weighted by atomic mass is 10.0. The Bertz CT molecular complexity index is 968. The standard InChI is InChI=1S/C21H17NO3S/c1-2-17-13-15-20(16-14-17)26(23,24)25-22-21(18-9-5-3-6-10-18)19-11-7-4-8-12-19/h2-16H,1H2. The van der Waals surface area contributed by atoms with Crippen LogP contribution in [0.1, 0.15) is 16.7 Å². The van der Waals surface area contributed by atoms with Gasteiger partial charge in [-0.25, -0.2) is 0 Å². The van der Waals surface area contributed by atoms with Crippen LogP contribution in [0, 0.1) is 0 Å². The minimum absolute atomic E-state index is 0.0346. The first-order valence-electron chi connectivity index (χ1n) is 7.95. The summed E-state index contributed by atoms with van der Waals surface area (Å²) >= 11 is 0. The second-order valence-corrected chi connectivity index (χ2v) is 7.00. The van der Waals surface area contributed by atoms with Crippen molar-refractivity contribution in [3.8, 4) is 0 Å². The van der Waals surface area contributed by atoms with E-state index in [0.717, 1.165) is 16.7 Å². The average Bonchev–Trinajstić information content (AvgIpc) is 2.70. The van der Waals surface area contributed by atoms with E-state index in [2.05, 4.69) is 11.7 Å². The van der Waals surface area contributed by atoms with Crippen molar-refractivity contribution in [1.82, 2.24) is 0 Å². The highest BCUT2D eigenvalue weighted by atomic mass is 32.2. The van der Waals surface area contributed by atoms with Gasteiger partial charge in [-0.1, -0.05) is 90.6 Å². The summed E-state index contributed by atoms with van der Waals surface area (Å²) in [6.07, 6.45) is 1.64. The molecule has 0 aliphatic carbocycles. The number of hydrogen-bond acceptors (Lipinski definition) is 4. The molecule has 0 unspecified atom stereocenters. The normalized spacial score (nSPS) is 10.8. The SMILES string of the molecule is C=Cc1ccc(S(=O)(=O)ON=C(c2ccccc2)c2ccccc2)cc1. The number of hydrogen-bond donors (Lipinski definition) is 0. The van der Waals surface area contributed by atoms with Crippen LogP contribution in [0.25, 0.3) is 6.08 Å². The Morgan fingerprint density at radius 1 is 0.808 bits per heavy atom. The van der Waals surface area contributed by atoms with Gasteiger partial charge in [0, 0.05) is 11.1 Å². The van der Waals surface area contributed by atoms with E-state index in [0.29, 0.717) is 5.71 Å². The van der Waals surface area contributed by atoms with E-state index in [1.165, 1.54) is 12.1 Å². The van der Waals surface area contributed by atoms with Gasteiger partial charge >= 0.3 is 10.1 Å². The summed E-state index contributed by atoms with van der Waals surface area (Å²) in [5.41, 5.74) is 2.78. The lowest BCUT2D eigenvalue weighted by molar-refractivity contribution is 0.339. The quantitative estimate of drug-likeness (QED) is 0.479. The van der Waals surface area contributed by atoms with E-state index in [9.17, 15) is 8.42 Å². The fourth-order valence-corrected chi connectivity index (χ4v) is 3.09. The molecule has 3 rings (SSSR count). The molecule has 5 heteroatoms. The number of rotatable bonds is 6. The van der Waals surface area contributed by atoms with Gasteiger partial charge < -0.3 is 0 Å². The van der Waals surface area contributed by atoms with Gasteiger partial charge in [-0.3, -0.25) is 4.28 Å². The van der Waals surface area contributed by atoms with Gasteiger partial charge in [-0.2, -0.15) is 8.42 Å². The minimum atomic E-state index is -4.02. The van der Waals surface area contributed by atoms with Gasteiger partial charge in [0.2, 0.25) is 0 Å². The van der Waals surface area contributed by atoms with Crippen molar-refractivity contribution in [2.45, 2.75) is 4.90 Å². The zero-order valence-electron chi connectivity index (χ0n) is 13.9. The Labute approximate surface area is 153 Å². The summed E-state index contributed by atoms with van der Waals surface area (Å²) < 4.78 is 29.9. The zero-order valence-corrected chi connectivity index (χ0v) is 14.8. The smallest absolute Gasteiger partial charge is 0.264 e. The third kappa shape index (κ3) is 4.07. The topological polar surface area (TPSA) is 55.7 Å². The second kappa shape index (κ2) is 7.80. The van der Waals surface area contributed by atoms with Crippen LogP contribution in [0.3, 0.4) is 0 Å². The summed E-state index contributed by atoms with van der Waals surface area (Å²) in [4.78, 5) is 0.0346. The third-order valence-corrected chi connectivity index (χ3v) is 4.85. The van der Waals surface area contributed by atoms with Gasteiger partial charge in [0.25, 0.3) is 0 Å². The van der Waals surface area contributed by atoms with E-state index in [-0.39, 0.29) is 4.90 Å². The molecule has 0 heterocycles. The summed E-state index contributed by atoms with van der Waals surface area (Å²) in [7, 11) is -4.02. The van der Waals surface area contributed by atoms with Crippen LogP contribution < -0.4 is 0 Å². The van der Waals surface area contributed by atoms with Crippen LogP contribution in [0.2, 0.25) is 0 Å². The Morgan fingerprint density at radius 3 is 1.77 bits per heavy atom. The molecule has 0 aliphatic rings. The molecule has 0 saturated heterocycles. The van der Waals surface area contributed by atoms with Crippen LogP contribution in [0.5, 0.6) is 0 Å². The van der Waals surface area contributed by atoms with Crippen LogP contribution >= 0.6 is 0 Å². The highest BCUT2D eigenvalue weighted by molar-refractivity contribution is 7.86. The molecule has 0 aromatic heterocycles. The van der Waals surface area contributed by atoms with Crippen molar-refractivity contribution in [2.75, 3.05) is 0 Å². The zero-order chi connectivity index (χ0) is 18.4. The van der Waals surface area contributed by atoms with Crippen molar-refractivity contribution in [1.29, 1.82) is 0 Å². The molecule has 0 fully saturated rings. The van der Waals surface area contributed by atoms with Gasteiger partial charge in [0.05, 0.1) is 0 Å². The van der Waals surface area contributed by atoms with Crippen molar-refractivity contribution in [3.63, 3.8) is 0 Å². The molecular weight excluding hydrogens is 346 g/mol. The molecule has 3 aromatic carbocycles. The number of oxime groups is 1. The van der Waals surface area contributed by atoms with E-state index in [1.54, 1.807) is 18.2 Å². The molecule has 0 atom stereocenters. The van der Waals surface area contributed by atoms with Gasteiger partial charge in [-0.15, -0.1) is 0 Å². The number of benzene rings is 3. The first-order chi connectivity index (χ1) is 12.6. The van der Waals surface area contributed by atoms with Gasteiger partial charge in [0.15, 0.2) is 0 Å². The molecule has 3 aromatic rings. The summed E-state index contributed by atoms with van der Waals surface area (Å²) in [6, 6.07) is 24.8. The average molecular weight is 363 g/mol. The van der Waals surface area contributed by atoms with Crippen molar-refractivity contribution in [3.05, 3.63) is 108 Å². The van der Waals surface area contributed by atoms with E-state index in [1.807, 2.05) is 60.7 Å². The maximum absolute atomic E-state index is 12.4. The van der Waals surface area contributed by atoms with E-state index in [4.69, 9.17) is 4.28 Å². The largest absolute Gasteiger partial charge is 0.358 e. The lowest BCUT2D eigenvalue weighted by Gasteiger charge is -2.08. The van der Waals surface area contributed by atoms with Crippen LogP contribution in [0.4, 0.5) is 0 Å². The molecule has 0 amide bonds. The molecule has 0 N–H and O–H groups in total. The molecule has 26 heavy (non-hydrogen) atoms. The number of nitrogens with zero attached hydrogens (tertiary/aromatic N) is 1. The molecule has 0 aliphatic heterocycles. The molecule has 0 bridgehead atoms. The minimum Gasteiger partial charge on any atom is -0.264 e. The molecule has 130 valence electrons. The Kier molecular flexibility index (Phi) is 5.29. The van der Waals surface area contributed by atoms with Gasteiger partial charge in [-0.05, 0) is 17.7 Å². The maximum Gasteiger partial charge on any atom is 0.358 e. The Morgan fingerprint density at radius 2 is 1.31 bits per heavy atom.